The monoisotopic (exact) mass is 524 g/mol. The minimum absolute atomic E-state index is 0. The van der Waals surface area contributed by atoms with Gasteiger partial charge in [-0.2, -0.15) is 0 Å². The van der Waals surface area contributed by atoms with Crippen LogP contribution in [0.5, 0.6) is 5.75 Å². The summed E-state index contributed by atoms with van der Waals surface area (Å²) in [6, 6.07) is 9.68. The van der Waals surface area contributed by atoms with E-state index < -0.39 is 10.0 Å². The molecule has 1 aliphatic rings. The Morgan fingerprint density at radius 1 is 1.21 bits per heavy atom. The summed E-state index contributed by atoms with van der Waals surface area (Å²) in [5.74, 6) is 2.04. The predicted molar refractivity (Wildman–Crippen MR) is 125 cm³/mol. The first-order chi connectivity index (χ1) is 13.1. The van der Waals surface area contributed by atoms with Crippen molar-refractivity contribution in [2.24, 2.45) is 10.9 Å². The summed E-state index contributed by atoms with van der Waals surface area (Å²) in [6.45, 7) is 4.79. The molecule has 0 aliphatic heterocycles. The van der Waals surface area contributed by atoms with Gasteiger partial charge in [0.15, 0.2) is 5.96 Å². The molecule has 1 aromatic carbocycles. The third-order valence-electron chi connectivity index (χ3n) is 4.41. The first-order valence-electron chi connectivity index (χ1n) is 9.76. The van der Waals surface area contributed by atoms with Gasteiger partial charge in [0.2, 0.25) is 10.0 Å². The molecule has 1 aliphatic carbocycles. The highest BCUT2D eigenvalue weighted by Crippen LogP contribution is 2.25. The number of guanidine groups is 1. The quantitative estimate of drug-likeness (QED) is 0.169. The average molecular weight is 524 g/mol. The number of hydrogen-bond donors (Lipinski definition) is 3. The number of para-hydroxylation sites is 1. The Labute approximate surface area is 186 Å². The van der Waals surface area contributed by atoms with Crippen LogP contribution in [0.25, 0.3) is 0 Å². The molecule has 0 bridgehead atoms. The lowest BCUT2D eigenvalue weighted by atomic mass is 9.86. The molecule has 1 aromatic rings. The Morgan fingerprint density at radius 3 is 2.61 bits per heavy atom. The zero-order valence-electron chi connectivity index (χ0n) is 16.5. The van der Waals surface area contributed by atoms with Gasteiger partial charge in [0, 0.05) is 32.6 Å². The minimum Gasteiger partial charge on any atom is -0.494 e. The van der Waals surface area contributed by atoms with Crippen molar-refractivity contribution in [2.75, 3.05) is 38.5 Å². The second kappa shape index (κ2) is 14.0. The Hall–Kier alpha value is -1.07. The van der Waals surface area contributed by atoms with Gasteiger partial charge in [-0.1, -0.05) is 24.6 Å². The average Bonchev–Trinajstić information content (AvgIpc) is 2.60. The van der Waals surface area contributed by atoms with Crippen LogP contribution in [0.1, 0.15) is 32.6 Å². The molecule has 0 atom stereocenters. The van der Waals surface area contributed by atoms with Crippen LogP contribution in [0, 0.1) is 5.92 Å². The molecule has 2 rings (SSSR count). The van der Waals surface area contributed by atoms with E-state index in [1.807, 2.05) is 37.3 Å². The molecule has 1 fully saturated rings. The maximum absolute atomic E-state index is 12.0. The van der Waals surface area contributed by atoms with Crippen LogP contribution in [-0.4, -0.2) is 52.9 Å². The Morgan fingerprint density at radius 2 is 1.96 bits per heavy atom. The van der Waals surface area contributed by atoms with E-state index in [9.17, 15) is 8.42 Å². The minimum atomic E-state index is -3.24. The van der Waals surface area contributed by atoms with Crippen LogP contribution in [0.15, 0.2) is 35.3 Å². The van der Waals surface area contributed by atoms with Crippen molar-refractivity contribution >= 4 is 40.0 Å². The summed E-state index contributed by atoms with van der Waals surface area (Å²) >= 11 is 0. The molecule has 3 N–H and O–H groups in total. The lowest BCUT2D eigenvalue weighted by Gasteiger charge is -2.25. The van der Waals surface area contributed by atoms with E-state index in [2.05, 4.69) is 20.3 Å². The largest absolute Gasteiger partial charge is 0.494 e. The van der Waals surface area contributed by atoms with E-state index in [4.69, 9.17) is 4.74 Å². The lowest BCUT2D eigenvalue weighted by molar-refractivity contribution is 0.313. The standard InChI is InChI=1S/C19H32N4O3S.HI/c1-2-20-19(21-12-7-14-26-18-10-4-3-5-11-18)22-13-15-27(24,25)23-16-17-8-6-9-17;/h3-5,10-11,17,23H,2,6-9,12-16H2,1H3,(H2,20,21,22);1H. The van der Waals surface area contributed by atoms with E-state index >= 15 is 0 Å². The second-order valence-electron chi connectivity index (χ2n) is 6.67. The zero-order chi connectivity index (χ0) is 19.4. The second-order valence-corrected chi connectivity index (χ2v) is 8.59. The van der Waals surface area contributed by atoms with Crippen molar-refractivity contribution in [3.05, 3.63) is 30.3 Å². The summed E-state index contributed by atoms with van der Waals surface area (Å²) in [5, 5.41) is 6.21. The highest BCUT2D eigenvalue weighted by atomic mass is 127. The topological polar surface area (TPSA) is 91.8 Å². The number of halogens is 1. The van der Waals surface area contributed by atoms with Crippen LogP contribution in [0.3, 0.4) is 0 Å². The van der Waals surface area contributed by atoms with E-state index in [-0.39, 0.29) is 29.7 Å². The SMILES string of the molecule is CCNC(=NCCCOc1ccccc1)NCCS(=O)(=O)NCC1CCC1.I. The third kappa shape index (κ3) is 10.5. The number of sulfonamides is 1. The summed E-state index contributed by atoms with van der Waals surface area (Å²) in [6.07, 6.45) is 4.26. The van der Waals surface area contributed by atoms with Crippen LogP contribution in [-0.2, 0) is 10.0 Å². The predicted octanol–water partition coefficient (Wildman–Crippen LogP) is 2.35. The maximum Gasteiger partial charge on any atom is 0.213 e. The molecule has 0 spiro atoms. The van der Waals surface area contributed by atoms with Gasteiger partial charge in [-0.15, -0.1) is 24.0 Å². The molecule has 28 heavy (non-hydrogen) atoms. The fourth-order valence-electron chi connectivity index (χ4n) is 2.62. The zero-order valence-corrected chi connectivity index (χ0v) is 19.7. The molecule has 160 valence electrons. The van der Waals surface area contributed by atoms with Crippen molar-refractivity contribution in [3.8, 4) is 5.75 Å². The molecule has 0 radical (unpaired) electrons. The van der Waals surface area contributed by atoms with Crippen LogP contribution in [0.4, 0.5) is 0 Å². The fourth-order valence-corrected chi connectivity index (χ4v) is 3.63. The highest BCUT2D eigenvalue weighted by molar-refractivity contribution is 14.0. The molecule has 0 unspecified atom stereocenters. The molecular weight excluding hydrogens is 491 g/mol. The maximum atomic E-state index is 12.0. The molecule has 0 aromatic heterocycles. The van der Waals surface area contributed by atoms with Crippen molar-refractivity contribution in [3.63, 3.8) is 0 Å². The van der Waals surface area contributed by atoms with Crippen molar-refractivity contribution < 1.29 is 13.2 Å². The van der Waals surface area contributed by atoms with Gasteiger partial charge < -0.3 is 15.4 Å². The van der Waals surface area contributed by atoms with Gasteiger partial charge in [-0.25, -0.2) is 13.1 Å². The number of rotatable bonds is 12. The van der Waals surface area contributed by atoms with Crippen molar-refractivity contribution in [2.45, 2.75) is 32.6 Å². The van der Waals surface area contributed by atoms with Gasteiger partial charge in [0.05, 0.1) is 12.4 Å². The van der Waals surface area contributed by atoms with Crippen LogP contribution < -0.4 is 20.1 Å². The van der Waals surface area contributed by atoms with Gasteiger partial charge >= 0.3 is 0 Å². The van der Waals surface area contributed by atoms with Crippen molar-refractivity contribution in [1.82, 2.24) is 15.4 Å². The first kappa shape index (κ1) is 25.0. The number of hydrogen-bond acceptors (Lipinski definition) is 4. The number of aliphatic imine (C=N–C) groups is 1. The molecule has 9 heteroatoms. The van der Waals surface area contributed by atoms with E-state index in [1.54, 1.807) is 0 Å². The van der Waals surface area contributed by atoms with Crippen LogP contribution in [0.2, 0.25) is 0 Å². The normalized spacial score (nSPS) is 14.7. The van der Waals surface area contributed by atoms with Crippen molar-refractivity contribution in [1.29, 1.82) is 0 Å². The Balaban J connectivity index is 0.00000392. The molecule has 0 saturated heterocycles. The third-order valence-corrected chi connectivity index (χ3v) is 5.76. The molecule has 7 nitrogen and oxygen atoms in total. The smallest absolute Gasteiger partial charge is 0.213 e. The lowest BCUT2D eigenvalue weighted by Crippen LogP contribution is -2.42. The van der Waals surface area contributed by atoms with E-state index in [0.717, 1.165) is 31.6 Å². The summed E-state index contributed by atoms with van der Waals surface area (Å²) in [7, 11) is -3.24. The van der Waals surface area contributed by atoms with E-state index in [1.165, 1.54) is 6.42 Å². The summed E-state index contributed by atoms with van der Waals surface area (Å²) in [4.78, 5) is 4.46. The van der Waals surface area contributed by atoms with E-state index in [0.29, 0.717) is 38.1 Å². The number of nitrogens with zero attached hydrogens (tertiary/aromatic N) is 1. The number of benzene rings is 1. The van der Waals surface area contributed by atoms with Crippen LogP contribution >= 0.6 is 24.0 Å². The van der Waals surface area contributed by atoms with Gasteiger partial charge in [-0.3, -0.25) is 4.99 Å². The number of ether oxygens (including phenoxy) is 1. The van der Waals surface area contributed by atoms with Gasteiger partial charge in [0.25, 0.3) is 0 Å². The fraction of sp³-hybridized carbons (Fsp3) is 0.632. The molecular formula is C19H33IN4O3S. The number of nitrogens with one attached hydrogen (secondary N) is 3. The highest BCUT2D eigenvalue weighted by Gasteiger charge is 2.19. The van der Waals surface area contributed by atoms with Gasteiger partial charge in [-0.05, 0) is 37.8 Å². The first-order valence-corrected chi connectivity index (χ1v) is 11.4. The molecule has 0 amide bonds. The molecule has 0 heterocycles. The van der Waals surface area contributed by atoms with Gasteiger partial charge in [0.1, 0.15) is 5.75 Å². The Kier molecular flexibility index (Phi) is 12.5. The molecule has 1 saturated carbocycles. The Bertz CT molecular complexity index is 667. The summed E-state index contributed by atoms with van der Waals surface area (Å²) in [5.41, 5.74) is 0. The summed E-state index contributed by atoms with van der Waals surface area (Å²) < 4.78 is 32.4.